The van der Waals surface area contributed by atoms with Gasteiger partial charge in [0.05, 0.1) is 18.2 Å². The number of aryl methyl sites for hydroxylation is 2. The second kappa shape index (κ2) is 6.69. The lowest BCUT2D eigenvalue weighted by Crippen LogP contribution is -2.43. The fraction of sp³-hybridized carbons (Fsp3) is 0.364. The molecule has 2 amide bonds. The Morgan fingerprint density at radius 1 is 0.962 bits per heavy atom. The minimum Gasteiger partial charge on any atom is -0.284 e. The number of hydrogen-bond donors (Lipinski definition) is 0. The predicted molar refractivity (Wildman–Crippen MR) is 102 cm³/mol. The lowest BCUT2D eigenvalue weighted by Gasteiger charge is -2.28. The number of benzene rings is 2. The average molecular weight is 348 g/mol. The molecule has 1 atom stereocenters. The fourth-order valence-corrected chi connectivity index (χ4v) is 3.96. The topological polar surface area (TPSA) is 40.6 Å². The molecule has 0 spiro atoms. The molecule has 2 aromatic carbocycles. The van der Waals surface area contributed by atoms with Crippen molar-refractivity contribution in [3.63, 3.8) is 0 Å². The van der Waals surface area contributed by atoms with Gasteiger partial charge in [0.15, 0.2) is 0 Å². The van der Waals surface area contributed by atoms with Gasteiger partial charge in [0.25, 0.3) is 5.91 Å². The van der Waals surface area contributed by atoms with E-state index >= 15 is 0 Å². The zero-order chi connectivity index (χ0) is 18.3. The zero-order valence-corrected chi connectivity index (χ0v) is 15.3. The number of anilines is 1. The molecule has 4 rings (SSSR count). The van der Waals surface area contributed by atoms with E-state index in [1.807, 2.05) is 50.2 Å². The molecule has 0 unspecified atom stereocenters. The maximum atomic E-state index is 13.2. The summed E-state index contributed by atoms with van der Waals surface area (Å²) in [5.41, 5.74) is 3.88. The number of amides is 2. The third kappa shape index (κ3) is 3.06. The Morgan fingerprint density at radius 3 is 2.23 bits per heavy atom. The number of para-hydroxylation sites is 1. The SMILES string of the molecule is Cc1cccc(C)c1N1C(=O)C[C@@H](N(Cc2ccccc2)C2CC2)C1=O. The highest BCUT2D eigenvalue weighted by Crippen LogP contribution is 2.36. The molecule has 1 aliphatic carbocycles. The first-order chi connectivity index (χ1) is 12.6. The first kappa shape index (κ1) is 17.0. The maximum absolute atomic E-state index is 13.2. The largest absolute Gasteiger partial charge is 0.284 e. The van der Waals surface area contributed by atoms with Gasteiger partial charge in [0, 0.05) is 12.6 Å². The van der Waals surface area contributed by atoms with Crippen molar-refractivity contribution in [1.29, 1.82) is 0 Å². The van der Waals surface area contributed by atoms with Crippen LogP contribution in [0.25, 0.3) is 0 Å². The molecule has 1 saturated heterocycles. The predicted octanol–water partition coefficient (Wildman–Crippen LogP) is 3.60. The van der Waals surface area contributed by atoms with Crippen molar-refractivity contribution in [2.45, 2.75) is 51.7 Å². The highest BCUT2D eigenvalue weighted by atomic mass is 16.2. The summed E-state index contributed by atoms with van der Waals surface area (Å²) in [6.07, 6.45) is 2.48. The molecular formula is C22H24N2O2. The number of carbonyl (C=O) groups excluding carboxylic acids is 2. The summed E-state index contributed by atoms with van der Waals surface area (Å²) >= 11 is 0. The summed E-state index contributed by atoms with van der Waals surface area (Å²) in [4.78, 5) is 29.7. The van der Waals surface area contributed by atoms with E-state index in [9.17, 15) is 9.59 Å². The van der Waals surface area contributed by atoms with Crippen LogP contribution in [0.5, 0.6) is 0 Å². The Labute approximate surface area is 154 Å². The summed E-state index contributed by atoms with van der Waals surface area (Å²) in [7, 11) is 0. The Morgan fingerprint density at radius 2 is 1.62 bits per heavy atom. The quantitative estimate of drug-likeness (QED) is 0.775. The average Bonchev–Trinajstić information content (AvgIpc) is 3.42. The van der Waals surface area contributed by atoms with Crippen LogP contribution in [0.2, 0.25) is 0 Å². The maximum Gasteiger partial charge on any atom is 0.251 e. The number of nitrogens with zero attached hydrogens (tertiary/aromatic N) is 2. The van der Waals surface area contributed by atoms with Crippen LogP contribution in [0, 0.1) is 13.8 Å². The van der Waals surface area contributed by atoms with E-state index in [1.165, 1.54) is 10.5 Å². The molecule has 0 N–H and O–H groups in total. The Bertz CT molecular complexity index is 822. The standard InChI is InChI=1S/C22H24N2O2/c1-15-7-6-8-16(2)21(15)24-20(25)13-19(22(24)26)23(18-11-12-18)14-17-9-4-3-5-10-17/h3-10,18-19H,11-14H2,1-2H3/t19-/m1/s1. The second-order valence-electron chi connectivity index (χ2n) is 7.42. The number of imide groups is 1. The molecule has 0 radical (unpaired) electrons. The van der Waals surface area contributed by atoms with Crippen LogP contribution in [0.3, 0.4) is 0 Å². The van der Waals surface area contributed by atoms with Gasteiger partial charge < -0.3 is 0 Å². The second-order valence-corrected chi connectivity index (χ2v) is 7.42. The summed E-state index contributed by atoms with van der Waals surface area (Å²) in [5.74, 6) is -0.161. The first-order valence-electron chi connectivity index (χ1n) is 9.29. The highest BCUT2D eigenvalue weighted by Gasteiger charge is 2.47. The van der Waals surface area contributed by atoms with Crippen LogP contribution in [0.15, 0.2) is 48.5 Å². The molecular weight excluding hydrogens is 324 g/mol. The fourth-order valence-electron chi connectivity index (χ4n) is 3.96. The zero-order valence-electron chi connectivity index (χ0n) is 15.3. The summed E-state index contributed by atoms with van der Waals surface area (Å²) in [6.45, 7) is 4.63. The summed E-state index contributed by atoms with van der Waals surface area (Å²) in [5, 5.41) is 0. The van der Waals surface area contributed by atoms with E-state index in [1.54, 1.807) is 0 Å². The minimum absolute atomic E-state index is 0.0739. The van der Waals surface area contributed by atoms with Gasteiger partial charge in [-0.05, 0) is 43.4 Å². The third-order valence-corrected chi connectivity index (χ3v) is 5.41. The normalized spacial score (nSPS) is 20.3. The van der Waals surface area contributed by atoms with Crippen LogP contribution in [0.4, 0.5) is 5.69 Å². The lowest BCUT2D eigenvalue weighted by atomic mass is 10.1. The van der Waals surface area contributed by atoms with E-state index in [0.29, 0.717) is 6.04 Å². The van der Waals surface area contributed by atoms with Gasteiger partial charge in [-0.25, -0.2) is 4.90 Å². The van der Waals surface area contributed by atoms with Gasteiger partial charge >= 0.3 is 0 Å². The molecule has 2 aromatic rings. The van der Waals surface area contributed by atoms with Crippen molar-refractivity contribution in [3.05, 3.63) is 65.2 Å². The first-order valence-corrected chi connectivity index (χ1v) is 9.29. The van der Waals surface area contributed by atoms with Crippen LogP contribution < -0.4 is 4.90 Å². The smallest absolute Gasteiger partial charge is 0.251 e. The minimum atomic E-state index is -0.353. The molecule has 1 heterocycles. The van der Waals surface area contributed by atoms with Gasteiger partial charge in [0.1, 0.15) is 0 Å². The van der Waals surface area contributed by atoms with Crippen molar-refractivity contribution in [3.8, 4) is 0 Å². The monoisotopic (exact) mass is 348 g/mol. The summed E-state index contributed by atoms with van der Waals surface area (Å²) < 4.78 is 0. The summed E-state index contributed by atoms with van der Waals surface area (Å²) in [6, 6.07) is 16.1. The number of carbonyl (C=O) groups is 2. The van der Waals surface area contributed by atoms with Crippen molar-refractivity contribution < 1.29 is 9.59 Å². The third-order valence-electron chi connectivity index (χ3n) is 5.41. The van der Waals surface area contributed by atoms with E-state index in [4.69, 9.17) is 0 Å². The van der Waals surface area contributed by atoms with Gasteiger partial charge in [-0.3, -0.25) is 14.5 Å². The molecule has 2 aliphatic rings. The Balaban J connectivity index is 1.63. The van der Waals surface area contributed by atoms with Gasteiger partial charge in [0.2, 0.25) is 5.91 Å². The van der Waals surface area contributed by atoms with Crippen molar-refractivity contribution >= 4 is 17.5 Å². The Hall–Kier alpha value is -2.46. The molecule has 2 fully saturated rings. The molecule has 0 aromatic heterocycles. The van der Waals surface area contributed by atoms with Gasteiger partial charge in [-0.15, -0.1) is 0 Å². The highest BCUT2D eigenvalue weighted by molar-refractivity contribution is 6.23. The Kier molecular flexibility index (Phi) is 4.37. The van der Waals surface area contributed by atoms with Crippen molar-refractivity contribution in [2.24, 2.45) is 0 Å². The molecule has 0 bridgehead atoms. The van der Waals surface area contributed by atoms with Crippen LogP contribution >= 0.6 is 0 Å². The van der Waals surface area contributed by atoms with Crippen LogP contribution in [-0.2, 0) is 16.1 Å². The van der Waals surface area contributed by atoms with E-state index in [-0.39, 0.29) is 24.3 Å². The van der Waals surface area contributed by atoms with Crippen molar-refractivity contribution in [2.75, 3.05) is 4.90 Å². The van der Waals surface area contributed by atoms with E-state index in [2.05, 4.69) is 17.0 Å². The molecule has 1 aliphatic heterocycles. The van der Waals surface area contributed by atoms with E-state index < -0.39 is 0 Å². The molecule has 4 heteroatoms. The van der Waals surface area contributed by atoms with Crippen LogP contribution in [-0.4, -0.2) is 28.8 Å². The number of rotatable bonds is 5. The van der Waals surface area contributed by atoms with Gasteiger partial charge in [-0.2, -0.15) is 0 Å². The van der Waals surface area contributed by atoms with Crippen LogP contribution in [0.1, 0.15) is 36.0 Å². The number of hydrogen-bond acceptors (Lipinski definition) is 3. The molecule has 26 heavy (non-hydrogen) atoms. The lowest BCUT2D eigenvalue weighted by molar-refractivity contribution is -0.123. The van der Waals surface area contributed by atoms with E-state index in [0.717, 1.165) is 36.2 Å². The molecule has 134 valence electrons. The molecule has 1 saturated carbocycles. The van der Waals surface area contributed by atoms with Gasteiger partial charge in [-0.1, -0.05) is 48.5 Å². The molecule has 4 nitrogen and oxygen atoms in total. The van der Waals surface area contributed by atoms with Crippen molar-refractivity contribution in [1.82, 2.24) is 4.90 Å².